The average Bonchev–Trinajstić information content (AvgIpc) is 2.57. The molecule has 1 saturated carbocycles. The van der Waals surface area contributed by atoms with Gasteiger partial charge in [0.05, 0.1) is 12.5 Å². The zero-order valence-corrected chi connectivity index (χ0v) is 15.5. The van der Waals surface area contributed by atoms with Crippen LogP contribution in [0.5, 0.6) is 0 Å². The molecule has 0 bridgehead atoms. The minimum Gasteiger partial charge on any atom is -0.466 e. The van der Waals surface area contributed by atoms with Gasteiger partial charge in [0.1, 0.15) is 0 Å². The summed E-state index contributed by atoms with van der Waals surface area (Å²) < 4.78 is 10.5. The van der Waals surface area contributed by atoms with E-state index in [0.717, 1.165) is 44.9 Å². The van der Waals surface area contributed by atoms with E-state index in [4.69, 9.17) is 9.47 Å². The molecule has 24 heavy (non-hydrogen) atoms. The number of aliphatic imine (C=N–C) groups is 1. The van der Waals surface area contributed by atoms with Crippen LogP contribution in [0, 0.1) is 11.3 Å². The lowest BCUT2D eigenvalue weighted by Crippen LogP contribution is -2.51. The summed E-state index contributed by atoms with van der Waals surface area (Å²) in [6.07, 6.45) is 6.82. The van der Waals surface area contributed by atoms with Gasteiger partial charge in [0.25, 0.3) is 0 Å². The van der Waals surface area contributed by atoms with Crippen LogP contribution in [0.4, 0.5) is 0 Å². The molecule has 2 fully saturated rings. The van der Waals surface area contributed by atoms with Crippen LogP contribution in [0.3, 0.4) is 0 Å². The number of ether oxygens (including phenoxy) is 2. The molecule has 6 nitrogen and oxygen atoms in total. The number of carbonyl (C=O) groups excluding carboxylic acids is 1. The summed E-state index contributed by atoms with van der Waals surface area (Å²) in [4.78, 5) is 18.7. The number of likely N-dealkylation sites (tertiary alicyclic amines) is 1. The highest BCUT2D eigenvalue weighted by atomic mass is 16.5. The number of nitrogens with zero attached hydrogens (tertiary/aromatic N) is 2. The van der Waals surface area contributed by atoms with Crippen molar-refractivity contribution in [2.45, 2.75) is 45.4 Å². The van der Waals surface area contributed by atoms with Gasteiger partial charge in [-0.2, -0.15) is 0 Å². The van der Waals surface area contributed by atoms with E-state index < -0.39 is 0 Å². The largest absolute Gasteiger partial charge is 0.466 e. The monoisotopic (exact) mass is 339 g/mol. The van der Waals surface area contributed by atoms with Crippen LogP contribution >= 0.6 is 0 Å². The molecule has 138 valence electrons. The van der Waals surface area contributed by atoms with Crippen molar-refractivity contribution in [1.29, 1.82) is 0 Å². The van der Waals surface area contributed by atoms with Crippen LogP contribution in [-0.4, -0.2) is 63.8 Å². The smallest absolute Gasteiger partial charge is 0.310 e. The Kier molecular flexibility index (Phi) is 7.34. The van der Waals surface area contributed by atoms with Crippen LogP contribution in [-0.2, 0) is 14.3 Å². The molecule has 1 aliphatic carbocycles. The fraction of sp³-hybridized carbons (Fsp3) is 0.889. The molecular weight excluding hydrogens is 306 g/mol. The minimum atomic E-state index is -0.0757. The maximum atomic E-state index is 12.0. The van der Waals surface area contributed by atoms with Gasteiger partial charge in [-0.1, -0.05) is 6.42 Å². The lowest BCUT2D eigenvalue weighted by molar-refractivity contribution is -0.149. The van der Waals surface area contributed by atoms with Crippen LogP contribution < -0.4 is 5.32 Å². The maximum absolute atomic E-state index is 12.0. The highest BCUT2D eigenvalue weighted by molar-refractivity contribution is 5.81. The molecule has 0 aromatic rings. The van der Waals surface area contributed by atoms with Crippen LogP contribution in [0.2, 0.25) is 0 Å². The van der Waals surface area contributed by atoms with Gasteiger partial charge in [0.15, 0.2) is 5.96 Å². The van der Waals surface area contributed by atoms with Gasteiger partial charge < -0.3 is 19.7 Å². The van der Waals surface area contributed by atoms with E-state index in [2.05, 4.69) is 15.2 Å². The predicted octanol–water partition coefficient (Wildman–Crippen LogP) is 2.04. The second kappa shape index (κ2) is 9.25. The van der Waals surface area contributed by atoms with Crippen LogP contribution in [0.1, 0.15) is 45.4 Å². The first-order valence-corrected chi connectivity index (χ1v) is 9.25. The number of hydrogen-bond acceptors (Lipinski definition) is 4. The van der Waals surface area contributed by atoms with E-state index in [1.165, 1.54) is 19.3 Å². The van der Waals surface area contributed by atoms with Gasteiger partial charge in [-0.25, -0.2) is 0 Å². The zero-order chi connectivity index (χ0) is 17.4. The molecule has 1 aliphatic heterocycles. The molecule has 0 amide bonds. The number of hydrogen-bond donors (Lipinski definition) is 1. The van der Waals surface area contributed by atoms with E-state index in [0.29, 0.717) is 18.6 Å². The molecule has 1 atom stereocenters. The van der Waals surface area contributed by atoms with Crippen LogP contribution in [0.15, 0.2) is 4.99 Å². The van der Waals surface area contributed by atoms with Gasteiger partial charge >= 0.3 is 5.97 Å². The fourth-order valence-electron chi connectivity index (χ4n) is 3.73. The first-order valence-electron chi connectivity index (χ1n) is 9.25. The third kappa shape index (κ3) is 4.85. The lowest BCUT2D eigenvalue weighted by atomic mass is 9.67. The molecule has 1 heterocycles. The highest BCUT2D eigenvalue weighted by Crippen LogP contribution is 2.43. The fourth-order valence-corrected chi connectivity index (χ4v) is 3.73. The van der Waals surface area contributed by atoms with Gasteiger partial charge in [0, 0.05) is 40.4 Å². The summed E-state index contributed by atoms with van der Waals surface area (Å²) in [6.45, 7) is 5.70. The Hall–Kier alpha value is -1.30. The summed E-state index contributed by atoms with van der Waals surface area (Å²) in [7, 11) is 3.58. The quantitative estimate of drug-likeness (QED) is 0.437. The van der Waals surface area contributed by atoms with Gasteiger partial charge in [-0.05, 0) is 44.4 Å². The zero-order valence-electron chi connectivity index (χ0n) is 15.5. The Balaban J connectivity index is 1.87. The molecular formula is C18H33N3O3. The van der Waals surface area contributed by atoms with Crippen molar-refractivity contribution in [2.75, 3.05) is 47.0 Å². The first kappa shape index (κ1) is 19.0. The number of rotatable bonds is 7. The summed E-state index contributed by atoms with van der Waals surface area (Å²) in [6, 6.07) is 0. The second-order valence-corrected chi connectivity index (χ2v) is 7.03. The van der Waals surface area contributed by atoms with Crippen molar-refractivity contribution in [3.8, 4) is 0 Å². The Labute approximate surface area is 146 Å². The van der Waals surface area contributed by atoms with Gasteiger partial charge in [-0.3, -0.25) is 9.79 Å². The molecule has 0 aromatic heterocycles. The molecule has 0 radical (unpaired) electrons. The third-order valence-electron chi connectivity index (χ3n) is 5.42. The SMILES string of the molecule is CCOC(=O)[C@H]1CCCN(C(=NC)NCC2(CCOC)CCC2)C1. The number of guanidine groups is 1. The third-order valence-corrected chi connectivity index (χ3v) is 5.42. The van der Waals surface area contributed by atoms with Crippen molar-refractivity contribution in [3.05, 3.63) is 0 Å². The van der Waals surface area contributed by atoms with Crippen molar-refractivity contribution < 1.29 is 14.3 Å². The average molecular weight is 339 g/mol. The predicted molar refractivity (Wildman–Crippen MR) is 95.1 cm³/mol. The topological polar surface area (TPSA) is 63.2 Å². The summed E-state index contributed by atoms with van der Waals surface area (Å²) in [5, 5.41) is 3.55. The lowest BCUT2D eigenvalue weighted by Gasteiger charge is -2.43. The van der Waals surface area contributed by atoms with Crippen molar-refractivity contribution in [2.24, 2.45) is 16.3 Å². The summed E-state index contributed by atoms with van der Waals surface area (Å²) in [5.41, 5.74) is 0.349. The molecule has 2 rings (SSSR count). The van der Waals surface area contributed by atoms with E-state index >= 15 is 0 Å². The minimum absolute atomic E-state index is 0.0385. The van der Waals surface area contributed by atoms with E-state index in [9.17, 15) is 4.79 Å². The molecule has 0 aromatic carbocycles. The Morgan fingerprint density at radius 1 is 1.38 bits per heavy atom. The van der Waals surface area contributed by atoms with Crippen molar-refractivity contribution in [1.82, 2.24) is 10.2 Å². The molecule has 1 N–H and O–H groups in total. The summed E-state index contributed by atoms with van der Waals surface area (Å²) in [5.74, 6) is 0.796. The highest BCUT2D eigenvalue weighted by Gasteiger charge is 2.37. The maximum Gasteiger partial charge on any atom is 0.310 e. The number of nitrogens with one attached hydrogen (secondary N) is 1. The molecule has 1 saturated heterocycles. The standard InChI is InChI=1S/C18H33N3O3/c1-4-24-16(22)15-7-5-11-21(13-15)17(19-2)20-14-18(8-6-9-18)10-12-23-3/h15H,4-14H2,1-3H3,(H,19,20)/t15-/m0/s1. The van der Waals surface area contributed by atoms with Crippen molar-refractivity contribution >= 4 is 11.9 Å². The number of methoxy groups -OCH3 is 1. The number of piperidine rings is 1. The molecule has 0 unspecified atom stereocenters. The molecule has 0 spiro atoms. The molecule has 6 heteroatoms. The number of esters is 1. The van der Waals surface area contributed by atoms with E-state index in [-0.39, 0.29) is 11.9 Å². The second-order valence-electron chi connectivity index (χ2n) is 7.03. The van der Waals surface area contributed by atoms with E-state index in [1.807, 2.05) is 14.0 Å². The first-order chi connectivity index (χ1) is 11.6. The Bertz CT molecular complexity index is 435. The van der Waals surface area contributed by atoms with Crippen LogP contribution in [0.25, 0.3) is 0 Å². The van der Waals surface area contributed by atoms with Gasteiger partial charge in [-0.15, -0.1) is 0 Å². The van der Waals surface area contributed by atoms with Crippen molar-refractivity contribution in [3.63, 3.8) is 0 Å². The summed E-state index contributed by atoms with van der Waals surface area (Å²) >= 11 is 0. The molecule has 2 aliphatic rings. The van der Waals surface area contributed by atoms with E-state index in [1.54, 1.807) is 7.11 Å². The van der Waals surface area contributed by atoms with Gasteiger partial charge in [0.2, 0.25) is 0 Å². The normalized spacial score (nSPS) is 23.5. The Morgan fingerprint density at radius 3 is 2.75 bits per heavy atom. The Morgan fingerprint density at radius 2 is 2.17 bits per heavy atom. The number of carbonyl (C=O) groups is 1.